The molecule has 1 aromatic heterocycles. The number of rotatable bonds is 2. The van der Waals surface area contributed by atoms with E-state index in [9.17, 15) is 5.11 Å². The van der Waals surface area contributed by atoms with Gasteiger partial charge >= 0.3 is 0 Å². The highest BCUT2D eigenvalue weighted by Crippen LogP contribution is 2.35. The van der Waals surface area contributed by atoms with Gasteiger partial charge in [-0.2, -0.15) is 0 Å². The summed E-state index contributed by atoms with van der Waals surface area (Å²) in [6.45, 7) is 0. The first-order chi connectivity index (χ1) is 9.24. The normalized spacial score (nSPS) is 17.8. The van der Waals surface area contributed by atoms with Gasteiger partial charge in [0.2, 0.25) is 0 Å². The molecule has 1 aliphatic carbocycles. The molecule has 1 atom stereocenters. The Bertz CT molecular complexity index is 600. The summed E-state index contributed by atoms with van der Waals surface area (Å²) in [5.41, 5.74) is 3.29. The van der Waals surface area contributed by atoms with Crippen LogP contribution in [0.4, 0.5) is 5.69 Å². The number of hydrogen-bond donors (Lipinski definition) is 2. The van der Waals surface area contributed by atoms with Gasteiger partial charge in [0.15, 0.2) is 5.15 Å². The number of hydrogen-bond acceptors (Lipinski definition) is 3. The number of aromatic hydroxyl groups is 1. The third-order valence-corrected chi connectivity index (χ3v) is 3.83. The molecule has 0 amide bonds. The van der Waals surface area contributed by atoms with E-state index in [0.29, 0.717) is 10.9 Å². The molecule has 2 N–H and O–H groups in total. The minimum atomic E-state index is 0.178. The van der Waals surface area contributed by atoms with Crippen LogP contribution in [0.25, 0.3) is 0 Å². The number of aryl methyl sites for hydroxylation is 1. The Kier molecular flexibility index (Phi) is 3.30. The number of benzene rings is 1. The molecule has 2 aromatic rings. The summed E-state index contributed by atoms with van der Waals surface area (Å²) in [5.74, 6) is 0.310. The van der Waals surface area contributed by atoms with Crippen molar-refractivity contribution in [2.24, 2.45) is 0 Å². The molecule has 98 valence electrons. The number of fused-ring (bicyclic) bond motifs is 1. The second kappa shape index (κ2) is 5.10. The smallest absolute Gasteiger partial charge is 0.152 e. The predicted molar refractivity (Wildman–Crippen MR) is 76.7 cm³/mol. The highest BCUT2D eigenvalue weighted by Gasteiger charge is 2.21. The topological polar surface area (TPSA) is 45.1 Å². The summed E-state index contributed by atoms with van der Waals surface area (Å²) < 4.78 is 0. The van der Waals surface area contributed by atoms with Crippen LogP contribution in [0.2, 0.25) is 5.15 Å². The highest BCUT2D eigenvalue weighted by atomic mass is 35.5. The number of nitrogens with zero attached hydrogens (tertiary/aromatic N) is 1. The number of anilines is 1. The Hall–Kier alpha value is -1.74. The Morgan fingerprint density at radius 1 is 1.32 bits per heavy atom. The van der Waals surface area contributed by atoms with Gasteiger partial charge in [0.25, 0.3) is 0 Å². The molecule has 4 heteroatoms. The van der Waals surface area contributed by atoms with Gasteiger partial charge < -0.3 is 10.4 Å². The van der Waals surface area contributed by atoms with Crippen LogP contribution in [-0.4, -0.2) is 10.1 Å². The third-order valence-electron chi connectivity index (χ3n) is 3.53. The van der Waals surface area contributed by atoms with Crippen LogP contribution in [0.3, 0.4) is 0 Å². The lowest BCUT2D eigenvalue weighted by Crippen LogP contribution is -2.17. The van der Waals surface area contributed by atoms with Crippen molar-refractivity contribution in [2.45, 2.75) is 25.3 Å². The molecule has 1 aromatic carbocycles. The van der Waals surface area contributed by atoms with Gasteiger partial charge in [-0.05, 0) is 54.7 Å². The van der Waals surface area contributed by atoms with Crippen LogP contribution < -0.4 is 5.32 Å². The fourth-order valence-corrected chi connectivity index (χ4v) is 2.79. The van der Waals surface area contributed by atoms with E-state index < -0.39 is 0 Å². The lowest BCUT2D eigenvalue weighted by atomic mass is 9.87. The van der Waals surface area contributed by atoms with Crippen LogP contribution in [0, 0.1) is 0 Å². The molecule has 1 aliphatic rings. The monoisotopic (exact) mass is 274 g/mol. The quantitative estimate of drug-likeness (QED) is 0.816. The molecule has 0 saturated carbocycles. The summed E-state index contributed by atoms with van der Waals surface area (Å²) in [7, 11) is 0. The lowest BCUT2D eigenvalue weighted by molar-refractivity contribution is 0.471. The number of pyridine rings is 1. The second-order valence-corrected chi connectivity index (χ2v) is 5.17. The first-order valence-electron chi connectivity index (χ1n) is 6.43. The van der Waals surface area contributed by atoms with Crippen molar-refractivity contribution >= 4 is 17.3 Å². The van der Waals surface area contributed by atoms with Crippen LogP contribution in [-0.2, 0) is 6.42 Å². The van der Waals surface area contributed by atoms with E-state index in [1.807, 2.05) is 24.3 Å². The number of nitrogens with one attached hydrogen (secondary N) is 1. The lowest BCUT2D eigenvalue weighted by Gasteiger charge is -2.27. The van der Waals surface area contributed by atoms with Crippen LogP contribution >= 0.6 is 11.6 Å². The molecular formula is C15H15ClN2O. The van der Waals surface area contributed by atoms with Crippen molar-refractivity contribution < 1.29 is 5.11 Å². The van der Waals surface area contributed by atoms with Crippen LogP contribution in [0.15, 0.2) is 36.5 Å². The maximum Gasteiger partial charge on any atom is 0.152 e. The van der Waals surface area contributed by atoms with E-state index in [1.165, 1.54) is 5.56 Å². The zero-order valence-electron chi connectivity index (χ0n) is 10.4. The summed E-state index contributed by atoms with van der Waals surface area (Å²) in [5, 5.41) is 13.6. The first kappa shape index (κ1) is 12.3. The molecule has 3 nitrogen and oxygen atoms in total. The molecule has 19 heavy (non-hydrogen) atoms. The fraction of sp³-hybridized carbons (Fsp3) is 0.267. The van der Waals surface area contributed by atoms with Crippen molar-refractivity contribution in [2.75, 3.05) is 5.32 Å². The number of phenols is 1. The largest absolute Gasteiger partial charge is 0.508 e. The Labute approximate surface area is 117 Å². The summed E-state index contributed by atoms with van der Waals surface area (Å²) in [4.78, 5) is 4.07. The van der Waals surface area contributed by atoms with Crippen molar-refractivity contribution in [3.05, 3.63) is 52.8 Å². The fourth-order valence-electron chi connectivity index (χ4n) is 2.62. The zero-order chi connectivity index (χ0) is 13.2. The molecular weight excluding hydrogens is 260 g/mol. The Morgan fingerprint density at radius 3 is 3.05 bits per heavy atom. The van der Waals surface area contributed by atoms with Crippen molar-refractivity contribution in [3.63, 3.8) is 0 Å². The molecule has 0 saturated heterocycles. The average molecular weight is 275 g/mol. The van der Waals surface area contributed by atoms with Gasteiger partial charge in [0, 0.05) is 6.20 Å². The van der Waals surface area contributed by atoms with Gasteiger partial charge in [-0.25, -0.2) is 4.98 Å². The predicted octanol–water partition coefficient (Wildman–Crippen LogP) is 3.93. The van der Waals surface area contributed by atoms with E-state index in [0.717, 1.165) is 30.5 Å². The summed E-state index contributed by atoms with van der Waals surface area (Å²) >= 11 is 6.08. The van der Waals surface area contributed by atoms with E-state index in [-0.39, 0.29) is 6.04 Å². The number of phenolic OH excluding ortho intramolecular Hbond substituents is 1. The maximum absolute atomic E-state index is 9.66. The standard InChI is InChI=1S/C15H15ClN2O/c16-15-14(5-2-8-17-15)18-13-4-1-3-10-6-7-11(19)9-12(10)13/h2,5-9,13,18-19H,1,3-4H2. The van der Waals surface area contributed by atoms with Gasteiger partial charge in [-0.3, -0.25) is 0 Å². The summed E-state index contributed by atoms with van der Waals surface area (Å²) in [6.07, 6.45) is 4.90. The van der Waals surface area contributed by atoms with E-state index in [4.69, 9.17) is 11.6 Å². The number of aromatic nitrogens is 1. The van der Waals surface area contributed by atoms with Crippen LogP contribution in [0.1, 0.15) is 30.0 Å². The summed E-state index contributed by atoms with van der Waals surface area (Å²) in [6, 6.07) is 9.56. The molecule has 0 spiro atoms. The van der Waals surface area contributed by atoms with E-state index >= 15 is 0 Å². The molecule has 0 bridgehead atoms. The first-order valence-corrected chi connectivity index (χ1v) is 6.80. The van der Waals surface area contributed by atoms with Gasteiger partial charge in [-0.1, -0.05) is 17.7 Å². The van der Waals surface area contributed by atoms with Crippen molar-refractivity contribution in [3.8, 4) is 5.75 Å². The highest BCUT2D eigenvalue weighted by molar-refractivity contribution is 6.31. The molecule has 1 unspecified atom stereocenters. The molecule has 3 rings (SSSR count). The zero-order valence-corrected chi connectivity index (χ0v) is 11.2. The van der Waals surface area contributed by atoms with Crippen molar-refractivity contribution in [1.29, 1.82) is 0 Å². The third kappa shape index (κ3) is 2.51. The van der Waals surface area contributed by atoms with Crippen LogP contribution in [0.5, 0.6) is 5.75 Å². The maximum atomic E-state index is 9.66. The van der Waals surface area contributed by atoms with Gasteiger partial charge in [0.1, 0.15) is 5.75 Å². The molecule has 0 fully saturated rings. The minimum Gasteiger partial charge on any atom is -0.508 e. The molecule has 1 heterocycles. The molecule has 0 aliphatic heterocycles. The van der Waals surface area contributed by atoms with Gasteiger partial charge in [-0.15, -0.1) is 0 Å². The SMILES string of the molecule is Oc1ccc2c(c1)C(Nc1cccnc1Cl)CCC2. The Morgan fingerprint density at radius 2 is 2.21 bits per heavy atom. The minimum absolute atomic E-state index is 0.178. The van der Waals surface area contributed by atoms with E-state index in [2.05, 4.69) is 10.3 Å². The Balaban J connectivity index is 1.92. The van der Waals surface area contributed by atoms with E-state index in [1.54, 1.807) is 12.3 Å². The van der Waals surface area contributed by atoms with Gasteiger partial charge in [0.05, 0.1) is 11.7 Å². The average Bonchev–Trinajstić information content (AvgIpc) is 2.42. The van der Waals surface area contributed by atoms with Crippen molar-refractivity contribution in [1.82, 2.24) is 4.98 Å². The molecule has 0 radical (unpaired) electrons. The number of halogens is 1. The second-order valence-electron chi connectivity index (χ2n) is 4.81.